The monoisotopic (exact) mass is 335 g/mol. The number of hydrogen-bond acceptors (Lipinski definition) is 6. The van der Waals surface area contributed by atoms with Gasteiger partial charge in [0.2, 0.25) is 0 Å². The fourth-order valence-electron chi connectivity index (χ4n) is 1.80. The van der Waals surface area contributed by atoms with E-state index < -0.39 is 10.8 Å². The van der Waals surface area contributed by atoms with Gasteiger partial charge in [-0.2, -0.15) is 0 Å². The molecule has 1 aromatic carbocycles. The van der Waals surface area contributed by atoms with Gasteiger partial charge in [0.1, 0.15) is 15.0 Å². The summed E-state index contributed by atoms with van der Waals surface area (Å²) in [6, 6.07) is 9.91. The molecule has 2 aromatic heterocycles. The van der Waals surface area contributed by atoms with E-state index in [0.717, 1.165) is 25.5 Å². The van der Waals surface area contributed by atoms with Gasteiger partial charge < -0.3 is 0 Å². The van der Waals surface area contributed by atoms with Crippen molar-refractivity contribution in [2.75, 3.05) is 0 Å². The minimum Gasteiger partial charge on any atom is -0.259 e. The third-order valence-corrected chi connectivity index (χ3v) is 6.17. The Labute approximate surface area is 133 Å². The van der Waals surface area contributed by atoms with Crippen LogP contribution in [0, 0.1) is 6.92 Å². The first-order valence-corrected chi connectivity index (χ1v) is 9.47. The van der Waals surface area contributed by atoms with Crippen molar-refractivity contribution in [3.8, 4) is 10.6 Å². The molecule has 4 nitrogen and oxygen atoms in total. The van der Waals surface area contributed by atoms with Crippen LogP contribution in [0.5, 0.6) is 0 Å². The maximum Gasteiger partial charge on any atom is 0.147 e. The minimum absolute atomic E-state index is 0.434. The van der Waals surface area contributed by atoms with Crippen molar-refractivity contribution >= 4 is 33.5 Å². The zero-order chi connectivity index (χ0) is 14.7. The van der Waals surface area contributed by atoms with Crippen LogP contribution < -0.4 is 0 Å². The van der Waals surface area contributed by atoms with E-state index in [9.17, 15) is 4.21 Å². The Balaban J connectivity index is 1.66. The third kappa shape index (κ3) is 3.81. The summed E-state index contributed by atoms with van der Waals surface area (Å²) in [5, 5.41) is 10.9. The zero-order valence-corrected chi connectivity index (χ0v) is 13.8. The molecule has 7 heteroatoms. The molecule has 108 valence electrons. The fourth-order valence-corrected chi connectivity index (χ4v) is 5.07. The average molecular weight is 335 g/mol. The van der Waals surface area contributed by atoms with Crippen LogP contribution in [0.1, 0.15) is 14.9 Å². The second kappa shape index (κ2) is 6.55. The molecule has 1 unspecified atom stereocenters. The normalized spacial score (nSPS) is 12.4. The van der Waals surface area contributed by atoms with E-state index in [1.807, 2.05) is 43.5 Å². The molecule has 0 fully saturated rings. The quantitative estimate of drug-likeness (QED) is 0.717. The van der Waals surface area contributed by atoms with Crippen LogP contribution in [0.4, 0.5) is 0 Å². The van der Waals surface area contributed by atoms with Crippen LogP contribution >= 0.6 is 22.7 Å². The van der Waals surface area contributed by atoms with Gasteiger partial charge in [0.25, 0.3) is 0 Å². The summed E-state index contributed by atoms with van der Waals surface area (Å²) < 4.78 is 12.2. The van der Waals surface area contributed by atoms with Gasteiger partial charge in [-0.1, -0.05) is 41.7 Å². The van der Waals surface area contributed by atoms with Crippen molar-refractivity contribution in [3.05, 3.63) is 51.4 Å². The molecule has 0 spiro atoms. The molecule has 0 bridgehead atoms. The van der Waals surface area contributed by atoms with E-state index in [4.69, 9.17) is 0 Å². The molecule has 0 saturated carbocycles. The van der Waals surface area contributed by atoms with E-state index in [1.54, 1.807) is 11.3 Å². The second-order valence-electron chi connectivity index (χ2n) is 4.46. The maximum absolute atomic E-state index is 12.2. The second-order valence-corrected chi connectivity index (χ2v) is 8.30. The average Bonchev–Trinajstić information content (AvgIpc) is 3.09. The van der Waals surface area contributed by atoms with E-state index in [-0.39, 0.29) is 0 Å². The molecule has 2 heterocycles. The summed E-state index contributed by atoms with van der Waals surface area (Å²) >= 11 is 3.09. The molecule has 3 rings (SSSR count). The summed E-state index contributed by atoms with van der Waals surface area (Å²) in [7, 11) is -0.996. The molecule has 1 atom stereocenters. The summed E-state index contributed by atoms with van der Waals surface area (Å²) in [6.07, 6.45) is 1.82. The molecule has 0 radical (unpaired) electrons. The van der Waals surface area contributed by atoms with Gasteiger partial charge in [0.15, 0.2) is 0 Å². The number of aryl methyl sites for hydroxylation is 1. The summed E-state index contributed by atoms with van der Waals surface area (Å²) in [6.45, 7) is 2.00. The first-order chi connectivity index (χ1) is 10.2. The zero-order valence-electron chi connectivity index (χ0n) is 11.4. The molecule has 0 aliphatic heterocycles. The molecule has 0 saturated heterocycles. The lowest BCUT2D eigenvalue weighted by Crippen LogP contribution is -1.98. The van der Waals surface area contributed by atoms with Crippen molar-refractivity contribution in [1.29, 1.82) is 0 Å². The first-order valence-electron chi connectivity index (χ1n) is 6.35. The highest BCUT2D eigenvalue weighted by atomic mass is 32.2. The van der Waals surface area contributed by atoms with E-state index >= 15 is 0 Å². The molecular weight excluding hydrogens is 322 g/mol. The highest BCUT2D eigenvalue weighted by Crippen LogP contribution is 2.24. The fraction of sp³-hybridized carbons (Fsp3) is 0.214. The Morgan fingerprint density at radius 3 is 2.52 bits per heavy atom. The largest absolute Gasteiger partial charge is 0.259 e. The van der Waals surface area contributed by atoms with Gasteiger partial charge in [-0.25, -0.2) is 4.98 Å². The Morgan fingerprint density at radius 1 is 1.05 bits per heavy atom. The molecule has 0 aliphatic carbocycles. The van der Waals surface area contributed by atoms with E-state index in [0.29, 0.717) is 11.5 Å². The van der Waals surface area contributed by atoms with Crippen LogP contribution in [0.3, 0.4) is 0 Å². The summed E-state index contributed by atoms with van der Waals surface area (Å²) in [5.41, 5.74) is 1.04. The van der Waals surface area contributed by atoms with Crippen LogP contribution in [-0.2, 0) is 22.3 Å². The number of rotatable bonds is 5. The Morgan fingerprint density at radius 2 is 1.81 bits per heavy atom. The van der Waals surface area contributed by atoms with Crippen LogP contribution in [-0.4, -0.2) is 19.4 Å². The van der Waals surface area contributed by atoms with E-state index in [1.165, 1.54) is 11.3 Å². The molecular formula is C14H13N3OS3. The van der Waals surface area contributed by atoms with Gasteiger partial charge in [-0.15, -0.1) is 21.5 Å². The number of nitrogens with zero attached hydrogens (tertiary/aromatic N) is 3. The van der Waals surface area contributed by atoms with Crippen molar-refractivity contribution in [2.24, 2.45) is 0 Å². The predicted octanol–water partition coefficient (Wildman–Crippen LogP) is 3.42. The predicted molar refractivity (Wildman–Crippen MR) is 87.7 cm³/mol. The van der Waals surface area contributed by atoms with Gasteiger partial charge in [0, 0.05) is 27.4 Å². The van der Waals surface area contributed by atoms with Crippen molar-refractivity contribution in [3.63, 3.8) is 0 Å². The van der Waals surface area contributed by atoms with Gasteiger partial charge in [-0.3, -0.25) is 4.21 Å². The highest BCUT2D eigenvalue weighted by molar-refractivity contribution is 7.83. The van der Waals surface area contributed by atoms with Gasteiger partial charge in [0.05, 0.1) is 11.5 Å². The topological polar surface area (TPSA) is 55.7 Å². The SMILES string of the molecule is Cc1cnc(CS(=O)Cc2nnc(-c3ccccc3)s2)s1. The van der Waals surface area contributed by atoms with Gasteiger partial charge in [-0.05, 0) is 6.92 Å². The Hall–Kier alpha value is -1.44. The van der Waals surface area contributed by atoms with Crippen molar-refractivity contribution in [1.82, 2.24) is 15.2 Å². The van der Waals surface area contributed by atoms with Crippen molar-refractivity contribution < 1.29 is 4.21 Å². The summed E-state index contributed by atoms with van der Waals surface area (Å²) in [5.74, 6) is 0.919. The lowest BCUT2D eigenvalue weighted by molar-refractivity contribution is 0.681. The number of thiazole rings is 1. The van der Waals surface area contributed by atoms with Crippen molar-refractivity contribution in [2.45, 2.75) is 18.4 Å². The lowest BCUT2D eigenvalue weighted by atomic mass is 10.2. The van der Waals surface area contributed by atoms with Crippen LogP contribution in [0.15, 0.2) is 36.5 Å². The first kappa shape index (κ1) is 14.5. The molecule has 0 aliphatic rings. The molecule has 0 amide bonds. The standard InChI is InChI=1S/C14H13N3OS3/c1-10-7-15-12(19-10)8-21(18)9-13-16-17-14(20-13)11-5-3-2-4-6-11/h2-7H,8-9H2,1H3. The Bertz CT molecular complexity index is 752. The molecule has 3 aromatic rings. The lowest BCUT2D eigenvalue weighted by Gasteiger charge is -1.95. The molecule has 21 heavy (non-hydrogen) atoms. The van der Waals surface area contributed by atoms with Gasteiger partial charge >= 0.3 is 0 Å². The number of hydrogen-bond donors (Lipinski definition) is 0. The maximum atomic E-state index is 12.2. The molecule has 0 N–H and O–H groups in total. The minimum atomic E-state index is -0.996. The highest BCUT2D eigenvalue weighted by Gasteiger charge is 2.11. The Kier molecular flexibility index (Phi) is 4.52. The third-order valence-electron chi connectivity index (χ3n) is 2.73. The van der Waals surface area contributed by atoms with E-state index in [2.05, 4.69) is 15.2 Å². The number of aromatic nitrogens is 3. The number of benzene rings is 1. The summed E-state index contributed by atoms with van der Waals surface area (Å²) in [4.78, 5) is 5.39. The smallest absolute Gasteiger partial charge is 0.147 e. The van der Waals surface area contributed by atoms with Crippen LogP contribution in [0.25, 0.3) is 10.6 Å². The van der Waals surface area contributed by atoms with Crippen LogP contribution in [0.2, 0.25) is 0 Å².